The molecule has 3 N–H and O–H groups in total. The Morgan fingerprint density at radius 3 is 0.828 bits per heavy atom. The Bertz CT molecular complexity index is 352. The predicted molar refractivity (Wildman–Crippen MR) is 127 cm³/mol. The summed E-state index contributed by atoms with van der Waals surface area (Å²) < 4.78 is 10.6. The Morgan fingerprint density at radius 2 is 0.759 bits per heavy atom. The smallest absolute Gasteiger partial charge is 0.0650 e. The molecule has 0 fully saturated rings. The molecule has 0 amide bonds. The molecule has 0 atom stereocenters. The minimum Gasteiger partial charge on any atom is -0.390 e. The van der Waals surface area contributed by atoms with E-state index in [0.29, 0.717) is 6.42 Å². The summed E-state index contributed by atoms with van der Waals surface area (Å²) in [7, 11) is 3.46. The van der Waals surface area contributed by atoms with E-state index in [9.17, 15) is 10.2 Å². The van der Waals surface area contributed by atoms with E-state index in [2.05, 4.69) is 74.6 Å². The number of nitrogens with one attached hydrogen (secondary N) is 1. The highest BCUT2D eigenvalue weighted by Gasteiger charge is 2.28. The fraction of sp³-hybridized carbons (Fsp3) is 1.00. The van der Waals surface area contributed by atoms with Crippen molar-refractivity contribution in [3.63, 3.8) is 0 Å². The summed E-state index contributed by atoms with van der Waals surface area (Å²) in [5.41, 5.74) is -1.26. The number of rotatable bonds is 6. The van der Waals surface area contributed by atoms with E-state index in [-0.39, 0.29) is 22.3 Å². The first kappa shape index (κ1) is 33.4. The molecule has 0 aliphatic heterocycles. The highest BCUT2D eigenvalue weighted by molar-refractivity contribution is 4.81. The highest BCUT2D eigenvalue weighted by atomic mass is 16.5. The monoisotopic (exact) mass is 421 g/mol. The molecule has 0 radical (unpaired) electrons. The summed E-state index contributed by atoms with van der Waals surface area (Å²) >= 11 is 0. The molecule has 29 heavy (non-hydrogen) atoms. The van der Waals surface area contributed by atoms with Gasteiger partial charge in [-0.15, -0.1) is 0 Å². The van der Waals surface area contributed by atoms with Gasteiger partial charge in [-0.25, -0.2) is 0 Å². The fourth-order valence-corrected chi connectivity index (χ4v) is 3.35. The Balaban J connectivity index is -0.000000352. The van der Waals surface area contributed by atoms with Crippen molar-refractivity contribution in [1.82, 2.24) is 5.32 Å². The zero-order chi connectivity index (χ0) is 24.5. The van der Waals surface area contributed by atoms with Crippen molar-refractivity contribution in [2.45, 2.75) is 143 Å². The first-order valence-corrected chi connectivity index (χ1v) is 10.6. The second-order valence-corrected chi connectivity index (χ2v) is 12.5. The molecule has 0 saturated carbocycles. The quantitative estimate of drug-likeness (QED) is 0.541. The molecule has 0 heterocycles. The summed E-state index contributed by atoms with van der Waals surface area (Å²) in [4.78, 5) is 0. The number of hydrogen-bond donors (Lipinski definition) is 3. The SMILES string of the molecule is CC(C)(C)NC(C)(C)C.CC(C)(O)CC(C)(C)O.COC(C)(C)CC(C)(C)OC. The van der Waals surface area contributed by atoms with Gasteiger partial charge in [0.2, 0.25) is 0 Å². The molecule has 0 aromatic heterocycles. The van der Waals surface area contributed by atoms with E-state index in [1.165, 1.54) is 0 Å². The predicted octanol–water partition coefficient (Wildman–Crippen LogP) is 5.32. The molecule has 0 rings (SSSR count). The second-order valence-electron chi connectivity index (χ2n) is 12.5. The number of aliphatic hydroxyl groups is 2. The second kappa shape index (κ2) is 12.0. The first-order valence-electron chi connectivity index (χ1n) is 10.6. The maximum atomic E-state index is 9.19. The van der Waals surface area contributed by atoms with Crippen molar-refractivity contribution in [2.24, 2.45) is 0 Å². The average Bonchev–Trinajstić information content (AvgIpc) is 2.30. The zero-order valence-corrected chi connectivity index (χ0v) is 22.6. The van der Waals surface area contributed by atoms with Crippen LogP contribution in [0.1, 0.15) is 110 Å². The van der Waals surface area contributed by atoms with Gasteiger partial charge in [0.25, 0.3) is 0 Å². The number of ether oxygens (including phenoxy) is 2. The van der Waals surface area contributed by atoms with Gasteiger partial charge in [0.15, 0.2) is 0 Å². The van der Waals surface area contributed by atoms with E-state index < -0.39 is 11.2 Å². The molecule has 0 spiro atoms. The third-order valence-electron chi connectivity index (χ3n) is 3.57. The molecule has 0 unspecified atom stereocenters. The van der Waals surface area contributed by atoms with Crippen LogP contribution in [0.5, 0.6) is 0 Å². The van der Waals surface area contributed by atoms with Crippen LogP contribution in [0.15, 0.2) is 0 Å². The highest BCUT2D eigenvalue weighted by Crippen LogP contribution is 2.24. The largest absolute Gasteiger partial charge is 0.390 e. The van der Waals surface area contributed by atoms with E-state index >= 15 is 0 Å². The summed E-state index contributed by atoms with van der Waals surface area (Å²) in [5.74, 6) is 0. The van der Waals surface area contributed by atoms with Crippen molar-refractivity contribution in [3.8, 4) is 0 Å². The van der Waals surface area contributed by atoms with Gasteiger partial charge in [0.05, 0.1) is 22.4 Å². The molecular weight excluding hydrogens is 366 g/mol. The van der Waals surface area contributed by atoms with Crippen LogP contribution in [0, 0.1) is 0 Å². The maximum absolute atomic E-state index is 9.19. The summed E-state index contributed by atoms with van der Waals surface area (Å²) in [6, 6.07) is 0. The third kappa shape index (κ3) is 32.7. The number of methoxy groups -OCH3 is 2. The van der Waals surface area contributed by atoms with Gasteiger partial charge < -0.3 is 25.0 Å². The molecule has 0 aliphatic carbocycles. The van der Waals surface area contributed by atoms with Crippen LogP contribution in [0.25, 0.3) is 0 Å². The van der Waals surface area contributed by atoms with Crippen LogP contribution < -0.4 is 5.32 Å². The lowest BCUT2D eigenvalue weighted by atomic mass is 9.92. The van der Waals surface area contributed by atoms with Crippen LogP contribution in [-0.2, 0) is 9.47 Å². The molecule has 5 nitrogen and oxygen atoms in total. The van der Waals surface area contributed by atoms with Gasteiger partial charge in [0, 0.05) is 38.1 Å². The van der Waals surface area contributed by atoms with E-state index in [0.717, 1.165) is 6.42 Å². The fourth-order valence-electron chi connectivity index (χ4n) is 3.35. The Hall–Kier alpha value is -0.200. The summed E-state index contributed by atoms with van der Waals surface area (Å²) in [5, 5.41) is 21.8. The molecule has 0 aromatic rings. The topological polar surface area (TPSA) is 71.0 Å². The van der Waals surface area contributed by atoms with Crippen molar-refractivity contribution >= 4 is 0 Å². The average molecular weight is 422 g/mol. The Labute approximate surface area is 183 Å². The molecular formula is C24H55NO4. The zero-order valence-electron chi connectivity index (χ0n) is 22.6. The van der Waals surface area contributed by atoms with E-state index in [4.69, 9.17) is 9.47 Å². The van der Waals surface area contributed by atoms with Crippen LogP contribution in [-0.4, -0.2) is 57.9 Å². The molecule has 0 bridgehead atoms. The van der Waals surface area contributed by atoms with Crippen LogP contribution in [0.3, 0.4) is 0 Å². The maximum Gasteiger partial charge on any atom is 0.0650 e. The first-order chi connectivity index (χ1) is 12.2. The van der Waals surface area contributed by atoms with Gasteiger partial charge in [-0.05, 0) is 96.9 Å². The minimum absolute atomic E-state index is 0.0977. The van der Waals surface area contributed by atoms with Crippen molar-refractivity contribution in [1.29, 1.82) is 0 Å². The van der Waals surface area contributed by atoms with E-state index in [1.807, 2.05) is 0 Å². The Kier molecular flexibility index (Phi) is 13.8. The molecule has 0 aliphatic rings. The summed E-state index contributed by atoms with van der Waals surface area (Å²) in [6.45, 7) is 28.1. The normalized spacial score (nSPS) is 13.9. The molecule has 0 aromatic carbocycles. The lowest BCUT2D eigenvalue weighted by Gasteiger charge is -2.32. The van der Waals surface area contributed by atoms with Gasteiger partial charge in [-0.2, -0.15) is 0 Å². The molecule has 180 valence electrons. The lowest BCUT2D eigenvalue weighted by molar-refractivity contribution is -0.0692. The van der Waals surface area contributed by atoms with E-state index in [1.54, 1.807) is 41.9 Å². The van der Waals surface area contributed by atoms with Gasteiger partial charge >= 0.3 is 0 Å². The van der Waals surface area contributed by atoms with Gasteiger partial charge in [-0.1, -0.05) is 0 Å². The standard InChI is InChI=1S/C9H20O2.C8H19N.C7H16O2/c1-8(2,10-5)7-9(3,4)11-6;1-7(2,3)9-8(4,5)6;1-6(2,8)5-7(3,4)9/h7H2,1-6H3;9H,1-6H3;8-9H,5H2,1-4H3. The number of hydrogen-bond acceptors (Lipinski definition) is 5. The van der Waals surface area contributed by atoms with Gasteiger partial charge in [-0.3, -0.25) is 0 Å². The lowest BCUT2D eigenvalue weighted by Crippen LogP contribution is -2.48. The molecule has 0 saturated heterocycles. The van der Waals surface area contributed by atoms with Gasteiger partial charge in [0.1, 0.15) is 0 Å². The summed E-state index contributed by atoms with van der Waals surface area (Å²) in [6.07, 6.45) is 1.30. The third-order valence-corrected chi connectivity index (χ3v) is 3.57. The van der Waals surface area contributed by atoms with Crippen LogP contribution in [0.4, 0.5) is 0 Å². The van der Waals surface area contributed by atoms with Crippen molar-refractivity contribution < 1.29 is 19.7 Å². The molecule has 5 heteroatoms. The van der Waals surface area contributed by atoms with Crippen molar-refractivity contribution in [2.75, 3.05) is 14.2 Å². The van der Waals surface area contributed by atoms with Crippen LogP contribution in [0.2, 0.25) is 0 Å². The Morgan fingerprint density at radius 1 is 0.517 bits per heavy atom. The van der Waals surface area contributed by atoms with Crippen LogP contribution >= 0.6 is 0 Å². The minimum atomic E-state index is -0.766. The van der Waals surface area contributed by atoms with Crippen molar-refractivity contribution in [3.05, 3.63) is 0 Å².